The van der Waals surface area contributed by atoms with Gasteiger partial charge in [0.25, 0.3) is 0 Å². The van der Waals surface area contributed by atoms with Crippen molar-refractivity contribution >= 4 is 0 Å². The Balaban J connectivity index is 5.54. The first kappa shape index (κ1) is 16.6. The van der Waals surface area contributed by atoms with Gasteiger partial charge in [-0.3, -0.25) is 0 Å². The van der Waals surface area contributed by atoms with Gasteiger partial charge in [0, 0.05) is 10.8 Å². The normalized spacial score (nSPS) is 19.7. The lowest BCUT2D eigenvalue weighted by Gasteiger charge is -2.34. The first-order valence-corrected chi connectivity index (χ1v) is 6.09. The SMILES string of the molecule is CC(C)(C)C(C)(C#N)N=NC(C)(C#N)C(C)(C)C. The summed E-state index contributed by atoms with van der Waals surface area (Å²) >= 11 is 0. The van der Waals surface area contributed by atoms with E-state index in [2.05, 4.69) is 22.4 Å². The van der Waals surface area contributed by atoms with Crippen LogP contribution in [0.15, 0.2) is 10.2 Å². The van der Waals surface area contributed by atoms with Gasteiger partial charge in [0.2, 0.25) is 0 Å². The molecule has 100 valence electrons. The molecule has 18 heavy (non-hydrogen) atoms. The van der Waals surface area contributed by atoms with Crippen molar-refractivity contribution in [2.45, 2.75) is 66.5 Å². The topological polar surface area (TPSA) is 72.3 Å². The van der Waals surface area contributed by atoms with Crippen LogP contribution in [0.4, 0.5) is 0 Å². The number of nitriles is 2. The zero-order valence-electron chi connectivity index (χ0n) is 12.8. The average molecular weight is 248 g/mol. The molecular weight excluding hydrogens is 224 g/mol. The Morgan fingerprint density at radius 2 is 0.833 bits per heavy atom. The molecule has 0 aliphatic rings. The predicted molar refractivity (Wildman–Crippen MR) is 71.8 cm³/mol. The Kier molecular flexibility index (Phi) is 4.32. The van der Waals surface area contributed by atoms with Crippen LogP contribution in [-0.4, -0.2) is 11.1 Å². The van der Waals surface area contributed by atoms with Crippen molar-refractivity contribution in [2.24, 2.45) is 21.1 Å². The van der Waals surface area contributed by atoms with Crippen LogP contribution in [0.2, 0.25) is 0 Å². The van der Waals surface area contributed by atoms with E-state index >= 15 is 0 Å². The molecule has 0 aromatic carbocycles. The molecule has 0 bridgehead atoms. The van der Waals surface area contributed by atoms with Crippen molar-refractivity contribution in [1.29, 1.82) is 10.5 Å². The van der Waals surface area contributed by atoms with Gasteiger partial charge in [-0.15, -0.1) is 0 Å². The summed E-state index contributed by atoms with van der Waals surface area (Å²) in [6.07, 6.45) is 0. The van der Waals surface area contributed by atoms with Crippen LogP contribution >= 0.6 is 0 Å². The molecule has 0 fully saturated rings. The van der Waals surface area contributed by atoms with E-state index in [1.54, 1.807) is 13.8 Å². The smallest absolute Gasteiger partial charge is 0.169 e. The highest BCUT2D eigenvalue weighted by atomic mass is 15.2. The van der Waals surface area contributed by atoms with Crippen LogP contribution in [0.3, 0.4) is 0 Å². The zero-order chi connectivity index (χ0) is 14.8. The second kappa shape index (κ2) is 4.69. The van der Waals surface area contributed by atoms with Crippen LogP contribution in [0.1, 0.15) is 55.4 Å². The standard InChI is InChI=1S/C14H24N4/c1-11(2,3)13(7,9-15)17-18-14(8,10-16)12(4,5)6/h1-8H3. The van der Waals surface area contributed by atoms with Crippen molar-refractivity contribution < 1.29 is 0 Å². The van der Waals surface area contributed by atoms with E-state index in [9.17, 15) is 10.5 Å². The van der Waals surface area contributed by atoms with E-state index in [0.29, 0.717) is 0 Å². The third-order valence-electron chi connectivity index (χ3n) is 3.81. The van der Waals surface area contributed by atoms with Crippen LogP contribution in [0.5, 0.6) is 0 Å². The van der Waals surface area contributed by atoms with Crippen LogP contribution < -0.4 is 0 Å². The maximum absolute atomic E-state index is 9.31. The van der Waals surface area contributed by atoms with Crippen molar-refractivity contribution in [1.82, 2.24) is 0 Å². The van der Waals surface area contributed by atoms with Crippen molar-refractivity contribution in [3.05, 3.63) is 0 Å². The Hall–Kier alpha value is -1.42. The summed E-state index contributed by atoms with van der Waals surface area (Å²) in [6, 6.07) is 4.39. The quantitative estimate of drug-likeness (QED) is 0.690. The van der Waals surface area contributed by atoms with E-state index in [4.69, 9.17) is 0 Å². The predicted octanol–water partition coefficient (Wildman–Crippen LogP) is 4.10. The minimum absolute atomic E-state index is 0.334. The van der Waals surface area contributed by atoms with Crippen molar-refractivity contribution in [3.8, 4) is 12.1 Å². The average Bonchev–Trinajstić information content (AvgIpc) is 2.22. The lowest BCUT2D eigenvalue weighted by molar-refractivity contribution is 0.223. The fourth-order valence-electron chi connectivity index (χ4n) is 0.880. The van der Waals surface area contributed by atoms with Gasteiger partial charge in [-0.25, -0.2) is 0 Å². The second-order valence-corrected chi connectivity index (χ2v) is 7.07. The molecule has 0 radical (unpaired) electrons. The van der Waals surface area contributed by atoms with E-state index < -0.39 is 11.1 Å². The number of hydrogen-bond acceptors (Lipinski definition) is 4. The molecule has 2 unspecified atom stereocenters. The molecule has 0 amide bonds. The summed E-state index contributed by atoms with van der Waals surface area (Å²) in [6.45, 7) is 15.1. The Labute approximate surface area is 111 Å². The van der Waals surface area contributed by atoms with E-state index in [1.807, 2.05) is 41.5 Å². The maximum atomic E-state index is 9.31. The molecule has 0 saturated carbocycles. The fourth-order valence-corrected chi connectivity index (χ4v) is 0.880. The van der Waals surface area contributed by atoms with Gasteiger partial charge in [0.05, 0.1) is 12.1 Å². The van der Waals surface area contributed by atoms with E-state index in [1.165, 1.54) is 0 Å². The summed E-state index contributed by atoms with van der Waals surface area (Å²) in [5, 5.41) is 27.0. The third kappa shape index (κ3) is 3.07. The van der Waals surface area contributed by atoms with Crippen LogP contribution in [0.25, 0.3) is 0 Å². The molecule has 2 atom stereocenters. The molecule has 0 aliphatic carbocycles. The number of azo groups is 1. The Morgan fingerprint density at radius 1 is 0.611 bits per heavy atom. The maximum Gasteiger partial charge on any atom is 0.169 e. The van der Waals surface area contributed by atoms with Gasteiger partial charge in [0.1, 0.15) is 0 Å². The minimum Gasteiger partial charge on any atom is -0.196 e. The highest BCUT2D eigenvalue weighted by Gasteiger charge is 2.42. The van der Waals surface area contributed by atoms with Gasteiger partial charge in [-0.05, 0) is 13.8 Å². The van der Waals surface area contributed by atoms with Gasteiger partial charge in [0.15, 0.2) is 11.1 Å². The largest absolute Gasteiger partial charge is 0.196 e. The number of rotatable bonds is 2. The first-order chi connectivity index (χ1) is 7.83. The summed E-state index contributed by atoms with van der Waals surface area (Å²) in [4.78, 5) is 0. The van der Waals surface area contributed by atoms with Gasteiger partial charge in [-0.2, -0.15) is 20.8 Å². The molecule has 0 aliphatic heterocycles. The minimum atomic E-state index is -0.934. The number of nitrogens with zero attached hydrogens (tertiary/aromatic N) is 4. The highest BCUT2D eigenvalue weighted by Crippen LogP contribution is 2.37. The molecule has 0 saturated heterocycles. The molecular formula is C14H24N4. The van der Waals surface area contributed by atoms with Crippen molar-refractivity contribution in [3.63, 3.8) is 0 Å². The molecule has 0 N–H and O–H groups in total. The number of hydrogen-bond donors (Lipinski definition) is 0. The van der Waals surface area contributed by atoms with E-state index in [0.717, 1.165) is 0 Å². The van der Waals surface area contributed by atoms with Gasteiger partial charge < -0.3 is 0 Å². The molecule has 0 aromatic heterocycles. The highest BCUT2D eigenvalue weighted by molar-refractivity contribution is 5.14. The Bertz CT molecular complexity index is 371. The molecule has 0 aromatic rings. The van der Waals surface area contributed by atoms with Gasteiger partial charge in [-0.1, -0.05) is 41.5 Å². The lowest BCUT2D eigenvalue weighted by Crippen LogP contribution is -2.40. The zero-order valence-corrected chi connectivity index (χ0v) is 12.8. The molecule has 4 nitrogen and oxygen atoms in total. The first-order valence-electron chi connectivity index (χ1n) is 6.09. The second-order valence-electron chi connectivity index (χ2n) is 7.07. The summed E-state index contributed by atoms with van der Waals surface area (Å²) < 4.78 is 0. The summed E-state index contributed by atoms with van der Waals surface area (Å²) in [7, 11) is 0. The monoisotopic (exact) mass is 248 g/mol. The van der Waals surface area contributed by atoms with Crippen LogP contribution in [0, 0.1) is 33.5 Å². The van der Waals surface area contributed by atoms with Crippen LogP contribution in [-0.2, 0) is 0 Å². The molecule has 0 rings (SSSR count). The fraction of sp³-hybridized carbons (Fsp3) is 0.857. The summed E-state index contributed by atoms with van der Waals surface area (Å²) in [5.41, 5.74) is -2.54. The molecule has 4 heteroatoms. The van der Waals surface area contributed by atoms with E-state index in [-0.39, 0.29) is 10.8 Å². The third-order valence-corrected chi connectivity index (χ3v) is 3.81. The molecule has 0 heterocycles. The van der Waals surface area contributed by atoms with Gasteiger partial charge >= 0.3 is 0 Å². The molecule has 0 spiro atoms. The lowest BCUT2D eigenvalue weighted by atomic mass is 9.75. The Morgan fingerprint density at radius 3 is 0.944 bits per heavy atom. The van der Waals surface area contributed by atoms with Crippen molar-refractivity contribution in [2.75, 3.05) is 0 Å². The summed E-state index contributed by atoms with van der Waals surface area (Å²) in [5.74, 6) is 0.